The van der Waals surface area contributed by atoms with Gasteiger partial charge in [-0.15, -0.1) is 0 Å². The van der Waals surface area contributed by atoms with Gasteiger partial charge in [0.15, 0.2) is 0 Å². The van der Waals surface area contributed by atoms with E-state index in [-0.39, 0.29) is 0 Å². The van der Waals surface area contributed by atoms with Gasteiger partial charge in [0.2, 0.25) is 6.08 Å². The van der Waals surface area contributed by atoms with Gasteiger partial charge >= 0.3 is 0 Å². The van der Waals surface area contributed by atoms with Gasteiger partial charge in [0.25, 0.3) is 0 Å². The minimum absolute atomic E-state index is 0.769. The number of isocyanates is 1. The Labute approximate surface area is 84.8 Å². The van der Waals surface area contributed by atoms with Gasteiger partial charge in [-0.3, -0.25) is 0 Å². The molecule has 2 nitrogen and oxygen atoms in total. The Bertz CT molecular complexity index is 394. The molecule has 0 saturated carbocycles. The van der Waals surface area contributed by atoms with Crippen LogP contribution in [-0.2, 0) is 17.6 Å². The maximum Gasteiger partial charge on any atom is 0.240 e. The predicted octanol–water partition coefficient (Wildman–Crippen LogP) is 2.91. The first kappa shape index (κ1) is 8.67. The van der Waals surface area contributed by atoms with E-state index in [0.29, 0.717) is 0 Å². The second-order valence-electron chi connectivity index (χ2n) is 3.09. The summed E-state index contributed by atoms with van der Waals surface area (Å²) in [7, 11) is 0. The highest BCUT2D eigenvalue weighted by atomic mass is 79.9. The van der Waals surface area contributed by atoms with E-state index in [1.165, 1.54) is 11.1 Å². The van der Waals surface area contributed by atoms with Crippen molar-refractivity contribution in [3.8, 4) is 0 Å². The average Bonchev–Trinajstić information content (AvgIpc) is 2.58. The number of hydrogen-bond donors (Lipinski definition) is 0. The number of fused-ring (bicyclic) bond motifs is 1. The topological polar surface area (TPSA) is 29.4 Å². The molecular weight excluding hydrogens is 230 g/mol. The van der Waals surface area contributed by atoms with Crippen LogP contribution in [0.15, 0.2) is 21.6 Å². The zero-order chi connectivity index (χ0) is 9.26. The van der Waals surface area contributed by atoms with E-state index in [2.05, 4.69) is 27.0 Å². The number of benzene rings is 1. The van der Waals surface area contributed by atoms with Gasteiger partial charge in [-0.1, -0.05) is 6.07 Å². The molecular formula is C10H8BrNO. The van der Waals surface area contributed by atoms with Gasteiger partial charge in [0, 0.05) is 4.47 Å². The third-order valence-electron chi connectivity index (χ3n) is 2.36. The molecule has 0 radical (unpaired) electrons. The van der Waals surface area contributed by atoms with Crippen molar-refractivity contribution in [2.45, 2.75) is 19.3 Å². The van der Waals surface area contributed by atoms with Gasteiger partial charge in [0.1, 0.15) is 0 Å². The Kier molecular flexibility index (Phi) is 2.30. The number of aliphatic imine (C=N–C) groups is 1. The Morgan fingerprint density at radius 1 is 1.38 bits per heavy atom. The molecule has 0 bridgehead atoms. The first-order chi connectivity index (χ1) is 6.33. The van der Waals surface area contributed by atoms with Gasteiger partial charge in [-0.25, -0.2) is 4.79 Å². The summed E-state index contributed by atoms with van der Waals surface area (Å²) in [6.07, 6.45) is 4.88. The van der Waals surface area contributed by atoms with Crippen molar-refractivity contribution in [3.05, 3.63) is 27.7 Å². The van der Waals surface area contributed by atoms with Crippen molar-refractivity contribution >= 4 is 27.7 Å². The number of nitrogens with zero attached hydrogens (tertiary/aromatic N) is 1. The summed E-state index contributed by atoms with van der Waals surface area (Å²) >= 11 is 3.38. The Hall–Kier alpha value is -0.920. The number of rotatable bonds is 1. The smallest absolute Gasteiger partial charge is 0.211 e. The molecule has 0 aromatic heterocycles. The average molecular weight is 238 g/mol. The van der Waals surface area contributed by atoms with E-state index in [4.69, 9.17) is 0 Å². The van der Waals surface area contributed by atoms with Crippen molar-refractivity contribution in [3.63, 3.8) is 0 Å². The van der Waals surface area contributed by atoms with Gasteiger partial charge in [0.05, 0.1) is 5.69 Å². The van der Waals surface area contributed by atoms with Crippen LogP contribution in [0.2, 0.25) is 0 Å². The minimum Gasteiger partial charge on any atom is -0.211 e. The molecule has 0 aliphatic heterocycles. The molecule has 1 aromatic carbocycles. The number of aryl methyl sites for hydroxylation is 1. The van der Waals surface area contributed by atoms with Crippen LogP contribution >= 0.6 is 15.9 Å². The van der Waals surface area contributed by atoms with E-state index < -0.39 is 0 Å². The number of carbonyl (C=O) groups excluding carboxylic acids is 1. The van der Waals surface area contributed by atoms with Crippen LogP contribution in [-0.4, -0.2) is 6.08 Å². The normalized spacial score (nSPS) is 13.6. The predicted molar refractivity (Wildman–Crippen MR) is 53.9 cm³/mol. The first-order valence-electron chi connectivity index (χ1n) is 4.21. The van der Waals surface area contributed by atoms with Crippen molar-refractivity contribution < 1.29 is 4.79 Å². The maximum absolute atomic E-state index is 10.2. The van der Waals surface area contributed by atoms with Gasteiger partial charge < -0.3 is 0 Å². The van der Waals surface area contributed by atoms with Crippen LogP contribution in [0.3, 0.4) is 0 Å². The molecule has 0 fully saturated rings. The Morgan fingerprint density at radius 2 is 2.23 bits per heavy atom. The minimum atomic E-state index is 0.769. The molecule has 13 heavy (non-hydrogen) atoms. The van der Waals surface area contributed by atoms with E-state index >= 15 is 0 Å². The van der Waals surface area contributed by atoms with E-state index in [0.717, 1.165) is 29.4 Å². The third kappa shape index (κ3) is 1.45. The zero-order valence-electron chi connectivity index (χ0n) is 7.01. The summed E-state index contributed by atoms with van der Waals surface area (Å²) in [5, 5.41) is 0. The summed E-state index contributed by atoms with van der Waals surface area (Å²) < 4.78 is 0.886. The first-order valence-corrected chi connectivity index (χ1v) is 5.00. The van der Waals surface area contributed by atoms with Crippen LogP contribution in [0.4, 0.5) is 5.69 Å². The highest BCUT2D eigenvalue weighted by molar-refractivity contribution is 9.10. The summed E-state index contributed by atoms with van der Waals surface area (Å²) in [6.45, 7) is 0. The molecule has 1 aliphatic carbocycles. The molecule has 1 aliphatic rings. The third-order valence-corrected chi connectivity index (χ3v) is 3.00. The number of halogens is 1. The van der Waals surface area contributed by atoms with Crippen LogP contribution in [0.25, 0.3) is 0 Å². The van der Waals surface area contributed by atoms with Crippen LogP contribution < -0.4 is 0 Å². The Balaban J connectivity index is 2.64. The zero-order valence-corrected chi connectivity index (χ0v) is 8.60. The molecule has 0 spiro atoms. The molecule has 0 unspecified atom stereocenters. The van der Waals surface area contributed by atoms with E-state index in [9.17, 15) is 4.79 Å². The second kappa shape index (κ2) is 3.44. The molecule has 1 aromatic rings. The maximum atomic E-state index is 10.2. The molecule has 0 saturated heterocycles. The molecule has 0 atom stereocenters. The lowest BCUT2D eigenvalue weighted by Crippen LogP contribution is -1.83. The lowest BCUT2D eigenvalue weighted by Gasteiger charge is -2.03. The Morgan fingerprint density at radius 3 is 3.00 bits per heavy atom. The molecule has 2 rings (SSSR count). The van der Waals surface area contributed by atoms with Gasteiger partial charge in [-0.2, -0.15) is 4.99 Å². The molecule has 0 N–H and O–H groups in total. The fraction of sp³-hybridized carbons (Fsp3) is 0.300. The lowest BCUT2D eigenvalue weighted by atomic mass is 10.1. The summed E-state index contributed by atoms with van der Waals surface area (Å²) in [6, 6.07) is 4.04. The largest absolute Gasteiger partial charge is 0.240 e. The lowest BCUT2D eigenvalue weighted by molar-refractivity contribution is 0.565. The summed E-state index contributed by atoms with van der Waals surface area (Å²) in [4.78, 5) is 13.9. The fourth-order valence-electron chi connectivity index (χ4n) is 1.78. The summed E-state index contributed by atoms with van der Waals surface area (Å²) in [5.74, 6) is 0. The molecule has 3 heteroatoms. The van der Waals surface area contributed by atoms with Crippen molar-refractivity contribution in [1.29, 1.82) is 0 Å². The summed E-state index contributed by atoms with van der Waals surface area (Å²) in [5.41, 5.74) is 3.29. The van der Waals surface area contributed by atoms with Crippen molar-refractivity contribution in [2.24, 2.45) is 4.99 Å². The number of hydrogen-bond acceptors (Lipinski definition) is 2. The second-order valence-corrected chi connectivity index (χ2v) is 3.94. The van der Waals surface area contributed by atoms with Crippen molar-refractivity contribution in [2.75, 3.05) is 0 Å². The highest BCUT2D eigenvalue weighted by Crippen LogP contribution is 2.36. The molecule has 66 valence electrons. The SMILES string of the molecule is O=C=Nc1c(Br)ccc2c1CCC2. The van der Waals surface area contributed by atoms with Crippen molar-refractivity contribution in [1.82, 2.24) is 0 Å². The van der Waals surface area contributed by atoms with Crippen LogP contribution in [0, 0.1) is 0 Å². The van der Waals surface area contributed by atoms with Crippen LogP contribution in [0.5, 0.6) is 0 Å². The quantitative estimate of drug-likeness (QED) is 0.546. The van der Waals surface area contributed by atoms with E-state index in [1.807, 2.05) is 6.07 Å². The van der Waals surface area contributed by atoms with Gasteiger partial charge in [-0.05, 0) is 52.4 Å². The molecule has 0 amide bonds. The highest BCUT2D eigenvalue weighted by Gasteiger charge is 2.16. The monoisotopic (exact) mass is 237 g/mol. The van der Waals surface area contributed by atoms with E-state index in [1.54, 1.807) is 6.08 Å². The van der Waals surface area contributed by atoms with Crippen LogP contribution in [0.1, 0.15) is 17.5 Å². The molecule has 0 heterocycles. The standard InChI is InChI=1S/C10H8BrNO/c11-9-5-4-7-2-1-3-8(7)10(9)12-6-13/h4-5H,1-3H2. The fourth-order valence-corrected chi connectivity index (χ4v) is 2.24.